The molecule has 3 aromatic rings. The lowest BCUT2D eigenvalue weighted by molar-refractivity contribution is 0.436. The third-order valence-corrected chi connectivity index (χ3v) is 6.66. The van der Waals surface area contributed by atoms with Gasteiger partial charge in [-0.1, -0.05) is 48.8 Å². The van der Waals surface area contributed by atoms with Crippen LogP contribution in [0, 0.1) is 18.7 Å². The number of allylic oxidation sites excluding steroid dienone is 2. The third kappa shape index (κ3) is 5.00. The van der Waals surface area contributed by atoms with Gasteiger partial charge in [0.15, 0.2) is 0 Å². The van der Waals surface area contributed by atoms with E-state index in [4.69, 9.17) is 4.98 Å². The molecule has 4 rings (SSSR count). The van der Waals surface area contributed by atoms with Crippen molar-refractivity contribution < 1.29 is 4.39 Å². The molecule has 2 aromatic carbocycles. The number of hydrogen-bond donors (Lipinski definition) is 0. The van der Waals surface area contributed by atoms with Crippen LogP contribution in [0.2, 0.25) is 0 Å². The molecule has 1 heterocycles. The average molecular weight is 405 g/mol. The zero-order valence-corrected chi connectivity index (χ0v) is 18.3. The lowest BCUT2D eigenvalue weighted by atomic mass is 9.91. The predicted molar refractivity (Wildman–Crippen MR) is 123 cm³/mol. The van der Waals surface area contributed by atoms with Crippen molar-refractivity contribution in [3.63, 3.8) is 0 Å². The first-order valence-electron chi connectivity index (χ1n) is 11.4. The minimum atomic E-state index is -0.145. The van der Waals surface area contributed by atoms with Gasteiger partial charge >= 0.3 is 0 Å². The smallest absolute Gasteiger partial charge is 0.123 e. The van der Waals surface area contributed by atoms with Gasteiger partial charge in [0.1, 0.15) is 11.6 Å². The van der Waals surface area contributed by atoms with Crippen LogP contribution in [0.3, 0.4) is 0 Å². The van der Waals surface area contributed by atoms with E-state index < -0.39 is 0 Å². The van der Waals surface area contributed by atoms with Gasteiger partial charge in [-0.05, 0) is 80.7 Å². The second-order valence-corrected chi connectivity index (χ2v) is 8.93. The van der Waals surface area contributed by atoms with E-state index in [-0.39, 0.29) is 5.82 Å². The second-order valence-electron chi connectivity index (χ2n) is 8.93. The number of benzene rings is 2. The maximum Gasteiger partial charge on any atom is 0.123 e. The minimum Gasteiger partial charge on any atom is -0.331 e. The first-order chi connectivity index (χ1) is 14.6. The van der Waals surface area contributed by atoms with Gasteiger partial charge < -0.3 is 4.57 Å². The molecule has 1 aromatic heterocycles. The van der Waals surface area contributed by atoms with E-state index in [1.807, 2.05) is 12.1 Å². The number of aromatic nitrogens is 2. The number of para-hydroxylation sites is 1. The predicted octanol–water partition coefficient (Wildman–Crippen LogP) is 7.09. The van der Waals surface area contributed by atoms with Gasteiger partial charge in [0.25, 0.3) is 0 Å². The summed E-state index contributed by atoms with van der Waals surface area (Å²) in [6.45, 7) is 2.16. The Labute approximate surface area is 179 Å². The molecule has 0 aliphatic heterocycles. The summed E-state index contributed by atoms with van der Waals surface area (Å²) in [5.41, 5.74) is 6.51. The Morgan fingerprint density at radius 2 is 1.97 bits per heavy atom. The molecule has 0 N–H and O–H groups in total. The number of aryl methyl sites for hydroxylation is 3. The van der Waals surface area contributed by atoms with Gasteiger partial charge in [-0.3, -0.25) is 0 Å². The SMILES string of the molecule is Cc1cccc2nc(C/C=C3/CCCCC(CCCc4ccc(F)cc4)C3)n(C)c12. The zero-order chi connectivity index (χ0) is 20.9. The molecular formula is C27H33FN2. The Balaban J connectivity index is 1.36. The molecule has 0 amide bonds. The zero-order valence-electron chi connectivity index (χ0n) is 18.3. The number of nitrogens with zero attached hydrogens (tertiary/aromatic N) is 2. The van der Waals surface area contributed by atoms with E-state index in [1.165, 1.54) is 61.6 Å². The molecule has 1 fully saturated rings. The van der Waals surface area contributed by atoms with Crippen molar-refractivity contribution in [2.75, 3.05) is 0 Å². The maximum atomic E-state index is 13.1. The summed E-state index contributed by atoms with van der Waals surface area (Å²) in [5, 5.41) is 0. The summed E-state index contributed by atoms with van der Waals surface area (Å²) >= 11 is 0. The van der Waals surface area contributed by atoms with Gasteiger partial charge in [0.05, 0.1) is 11.0 Å². The Morgan fingerprint density at radius 3 is 2.77 bits per heavy atom. The summed E-state index contributed by atoms with van der Waals surface area (Å²) in [6.07, 6.45) is 13.3. The Kier molecular flexibility index (Phi) is 6.66. The van der Waals surface area contributed by atoms with Crippen LogP contribution in [0.4, 0.5) is 4.39 Å². The standard InChI is InChI=1S/C27H33FN2/c1-20-7-5-12-25-27(20)30(2)26(29-25)18-15-23-9-4-3-8-22(19-23)11-6-10-21-13-16-24(28)17-14-21/h5,7,12-17,22H,3-4,6,8-11,18-19H2,1-2H3/b23-15-. The van der Waals surface area contributed by atoms with Crippen molar-refractivity contribution >= 4 is 11.0 Å². The Hall–Kier alpha value is -2.42. The van der Waals surface area contributed by atoms with Crippen LogP contribution in [0.1, 0.15) is 61.9 Å². The van der Waals surface area contributed by atoms with E-state index >= 15 is 0 Å². The highest BCUT2D eigenvalue weighted by Gasteiger charge is 2.16. The Bertz CT molecular complexity index is 1010. The summed E-state index contributed by atoms with van der Waals surface area (Å²) in [5.74, 6) is 1.79. The fourth-order valence-electron chi connectivity index (χ4n) is 4.97. The molecule has 0 bridgehead atoms. The third-order valence-electron chi connectivity index (χ3n) is 6.66. The molecule has 0 radical (unpaired) electrons. The van der Waals surface area contributed by atoms with E-state index in [0.29, 0.717) is 0 Å². The van der Waals surface area contributed by atoms with Crippen molar-refractivity contribution in [2.24, 2.45) is 13.0 Å². The highest BCUT2D eigenvalue weighted by Crippen LogP contribution is 2.31. The number of rotatable bonds is 6. The van der Waals surface area contributed by atoms with Crippen LogP contribution >= 0.6 is 0 Å². The van der Waals surface area contributed by atoms with Crippen molar-refractivity contribution in [3.8, 4) is 0 Å². The largest absolute Gasteiger partial charge is 0.331 e. The lowest BCUT2D eigenvalue weighted by Crippen LogP contribution is -2.02. The van der Waals surface area contributed by atoms with E-state index in [1.54, 1.807) is 17.7 Å². The molecule has 3 heteroatoms. The molecule has 30 heavy (non-hydrogen) atoms. The van der Waals surface area contributed by atoms with Crippen LogP contribution in [0.15, 0.2) is 54.1 Å². The van der Waals surface area contributed by atoms with Crippen LogP contribution < -0.4 is 0 Å². The van der Waals surface area contributed by atoms with Crippen molar-refractivity contribution in [3.05, 3.63) is 76.9 Å². The van der Waals surface area contributed by atoms with Crippen molar-refractivity contribution in [1.82, 2.24) is 9.55 Å². The Morgan fingerprint density at radius 1 is 1.13 bits per heavy atom. The first kappa shape index (κ1) is 20.8. The topological polar surface area (TPSA) is 17.8 Å². The minimum absolute atomic E-state index is 0.145. The molecule has 1 saturated carbocycles. The number of imidazole rings is 1. The van der Waals surface area contributed by atoms with Gasteiger partial charge in [0, 0.05) is 13.5 Å². The van der Waals surface area contributed by atoms with E-state index in [0.717, 1.165) is 30.1 Å². The first-order valence-corrected chi connectivity index (χ1v) is 11.4. The van der Waals surface area contributed by atoms with Gasteiger partial charge in [-0.25, -0.2) is 9.37 Å². The highest BCUT2D eigenvalue weighted by molar-refractivity contribution is 5.79. The van der Waals surface area contributed by atoms with Crippen molar-refractivity contribution in [2.45, 2.75) is 64.7 Å². The van der Waals surface area contributed by atoms with Crippen molar-refractivity contribution in [1.29, 1.82) is 0 Å². The van der Waals surface area contributed by atoms with E-state index in [2.05, 4.69) is 42.8 Å². The summed E-state index contributed by atoms with van der Waals surface area (Å²) < 4.78 is 15.3. The number of fused-ring (bicyclic) bond motifs is 1. The summed E-state index contributed by atoms with van der Waals surface area (Å²) in [4.78, 5) is 4.88. The van der Waals surface area contributed by atoms with Gasteiger partial charge in [0.2, 0.25) is 0 Å². The molecular weight excluding hydrogens is 371 g/mol. The number of hydrogen-bond acceptors (Lipinski definition) is 1. The fraction of sp³-hybridized carbons (Fsp3) is 0.444. The molecule has 1 aliphatic rings. The van der Waals surface area contributed by atoms with Crippen LogP contribution in [0.25, 0.3) is 11.0 Å². The molecule has 0 saturated heterocycles. The van der Waals surface area contributed by atoms with Gasteiger partial charge in [-0.15, -0.1) is 0 Å². The molecule has 1 atom stereocenters. The molecule has 2 nitrogen and oxygen atoms in total. The number of halogens is 1. The van der Waals surface area contributed by atoms with Crippen LogP contribution in [-0.2, 0) is 19.9 Å². The maximum absolute atomic E-state index is 13.1. The van der Waals surface area contributed by atoms with Gasteiger partial charge in [-0.2, -0.15) is 0 Å². The van der Waals surface area contributed by atoms with Crippen LogP contribution in [-0.4, -0.2) is 9.55 Å². The normalized spacial score (nSPS) is 18.8. The second kappa shape index (κ2) is 9.59. The monoisotopic (exact) mass is 404 g/mol. The molecule has 1 unspecified atom stereocenters. The van der Waals surface area contributed by atoms with E-state index in [9.17, 15) is 4.39 Å². The summed E-state index contributed by atoms with van der Waals surface area (Å²) in [7, 11) is 2.14. The van der Waals surface area contributed by atoms with Crippen LogP contribution in [0.5, 0.6) is 0 Å². The average Bonchev–Trinajstić information content (AvgIpc) is 2.91. The quantitative estimate of drug-likeness (QED) is 0.317. The molecule has 158 valence electrons. The lowest BCUT2D eigenvalue weighted by Gasteiger charge is -2.15. The molecule has 1 aliphatic carbocycles. The summed E-state index contributed by atoms with van der Waals surface area (Å²) in [6, 6.07) is 13.4. The molecule has 0 spiro atoms. The fourth-order valence-corrected chi connectivity index (χ4v) is 4.97. The highest BCUT2D eigenvalue weighted by atomic mass is 19.1.